The van der Waals surface area contributed by atoms with E-state index in [-0.39, 0.29) is 11.3 Å². The average molecular weight is 345 g/mol. The minimum Gasteiger partial charge on any atom is -0.494 e. The molecule has 132 valence electrons. The third-order valence-corrected chi connectivity index (χ3v) is 3.87. The van der Waals surface area contributed by atoms with Gasteiger partial charge >= 0.3 is 5.97 Å². The van der Waals surface area contributed by atoms with Crippen LogP contribution in [0.1, 0.15) is 47.3 Å². The second kappa shape index (κ2) is 7.79. The molecule has 0 fully saturated rings. The van der Waals surface area contributed by atoms with Gasteiger partial charge in [-0.05, 0) is 41.3 Å². The molecule has 1 atom stereocenters. The molecule has 0 aliphatic rings. The Balaban J connectivity index is 2.22. The van der Waals surface area contributed by atoms with Crippen LogP contribution >= 0.6 is 0 Å². The lowest BCUT2D eigenvalue weighted by atomic mass is 10.0. The van der Waals surface area contributed by atoms with Crippen molar-refractivity contribution >= 4 is 11.9 Å². The van der Waals surface area contributed by atoms with Crippen LogP contribution in [0, 0.1) is 5.82 Å². The van der Waals surface area contributed by atoms with Gasteiger partial charge in [-0.25, -0.2) is 9.18 Å². The minimum absolute atomic E-state index is 0.00323. The SMILES string of the molecule is COc1ccc(C(NC(=O)c2ccc(C(C)C)cc2)C(=O)O)cc1F. The molecule has 2 rings (SSSR count). The van der Waals surface area contributed by atoms with Crippen molar-refractivity contribution in [3.8, 4) is 5.75 Å². The molecule has 2 aromatic rings. The quantitative estimate of drug-likeness (QED) is 0.840. The van der Waals surface area contributed by atoms with Crippen molar-refractivity contribution in [3.63, 3.8) is 0 Å². The zero-order valence-corrected chi connectivity index (χ0v) is 14.2. The second-order valence-corrected chi connectivity index (χ2v) is 5.92. The summed E-state index contributed by atoms with van der Waals surface area (Å²) in [6.45, 7) is 4.07. The van der Waals surface area contributed by atoms with Crippen molar-refractivity contribution < 1.29 is 23.8 Å². The summed E-state index contributed by atoms with van der Waals surface area (Å²) in [5, 5.41) is 11.8. The van der Waals surface area contributed by atoms with Gasteiger partial charge in [-0.1, -0.05) is 32.0 Å². The Morgan fingerprint density at radius 3 is 2.16 bits per heavy atom. The zero-order valence-electron chi connectivity index (χ0n) is 14.2. The molecule has 0 saturated carbocycles. The summed E-state index contributed by atoms with van der Waals surface area (Å²) in [7, 11) is 1.31. The number of carboxylic acids is 1. The smallest absolute Gasteiger partial charge is 0.330 e. The van der Waals surface area contributed by atoms with Gasteiger partial charge in [-0.2, -0.15) is 0 Å². The Morgan fingerprint density at radius 2 is 1.68 bits per heavy atom. The number of benzene rings is 2. The van der Waals surface area contributed by atoms with Crippen molar-refractivity contribution in [1.29, 1.82) is 0 Å². The third-order valence-electron chi connectivity index (χ3n) is 3.87. The van der Waals surface area contributed by atoms with Gasteiger partial charge in [0.05, 0.1) is 7.11 Å². The van der Waals surface area contributed by atoms with Gasteiger partial charge in [0.25, 0.3) is 5.91 Å². The summed E-state index contributed by atoms with van der Waals surface area (Å²) in [6, 6.07) is 9.33. The van der Waals surface area contributed by atoms with Gasteiger partial charge in [0.15, 0.2) is 17.6 Å². The van der Waals surface area contributed by atoms with Crippen LogP contribution in [0.5, 0.6) is 5.75 Å². The lowest BCUT2D eigenvalue weighted by Gasteiger charge is -2.16. The number of methoxy groups -OCH3 is 1. The van der Waals surface area contributed by atoms with Crippen LogP contribution < -0.4 is 10.1 Å². The summed E-state index contributed by atoms with van der Waals surface area (Å²) >= 11 is 0. The fourth-order valence-electron chi connectivity index (χ4n) is 2.38. The molecule has 1 amide bonds. The fourth-order valence-corrected chi connectivity index (χ4v) is 2.38. The number of ether oxygens (including phenoxy) is 1. The Kier molecular flexibility index (Phi) is 5.75. The number of carboxylic acid groups (broad SMARTS) is 1. The largest absolute Gasteiger partial charge is 0.494 e. The monoisotopic (exact) mass is 345 g/mol. The molecule has 0 aromatic heterocycles. The van der Waals surface area contributed by atoms with E-state index in [1.165, 1.54) is 19.2 Å². The topological polar surface area (TPSA) is 75.6 Å². The van der Waals surface area contributed by atoms with E-state index in [4.69, 9.17) is 4.74 Å². The Morgan fingerprint density at radius 1 is 1.08 bits per heavy atom. The fraction of sp³-hybridized carbons (Fsp3) is 0.263. The first kappa shape index (κ1) is 18.4. The Bertz CT molecular complexity index is 771. The molecule has 0 aliphatic carbocycles. The maximum Gasteiger partial charge on any atom is 0.330 e. The van der Waals surface area contributed by atoms with E-state index >= 15 is 0 Å². The first-order chi connectivity index (χ1) is 11.8. The molecule has 2 N–H and O–H groups in total. The number of hydrogen-bond donors (Lipinski definition) is 2. The standard InChI is InChI=1S/C19H20FNO4/c1-11(2)12-4-6-13(7-5-12)18(22)21-17(19(23)24)14-8-9-16(25-3)15(20)10-14/h4-11,17H,1-3H3,(H,21,22)(H,23,24). The number of halogens is 1. The van der Waals surface area contributed by atoms with E-state index in [9.17, 15) is 19.1 Å². The lowest BCUT2D eigenvalue weighted by Crippen LogP contribution is -2.33. The molecule has 0 aliphatic heterocycles. The van der Waals surface area contributed by atoms with Gasteiger partial charge in [0.2, 0.25) is 0 Å². The van der Waals surface area contributed by atoms with Crippen molar-refractivity contribution in [2.45, 2.75) is 25.8 Å². The Hall–Kier alpha value is -2.89. The highest BCUT2D eigenvalue weighted by atomic mass is 19.1. The molecule has 25 heavy (non-hydrogen) atoms. The van der Waals surface area contributed by atoms with Gasteiger partial charge in [0.1, 0.15) is 0 Å². The molecule has 0 radical (unpaired) electrons. The maximum atomic E-state index is 13.8. The lowest BCUT2D eigenvalue weighted by molar-refractivity contribution is -0.139. The molecule has 0 heterocycles. The molecular formula is C19H20FNO4. The molecule has 1 unspecified atom stereocenters. The Labute approximate surface area is 145 Å². The summed E-state index contributed by atoms with van der Waals surface area (Å²) in [5.41, 5.74) is 1.53. The van der Waals surface area contributed by atoms with Crippen molar-refractivity contribution in [3.05, 3.63) is 65.0 Å². The molecular weight excluding hydrogens is 325 g/mol. The predicted molar refractivity (Wildman–Crippen MR) is 91.3 cm³/mol. The van der Waals surface area contributed by atoms with Crippen molar-refractivity contribution in [2.24, 2.45) is 0 Å². The van der Waals surface area contributed by atoms with Crippen molar-refractivity contribution in [1.82, 2.24) is 5.32 Å². The van der Waals surface area contributed by atoms with Crippen LogP contribution in [0.2, 0.25) is 0 Å². The van der Waals surface area contributed by atoms with E-state index in [1.807, 2.05) is 26.0 Å². The van der Waals surface area contributed by atoms with Crippen molar-refractivity contribution in [2.75, 3.05) is 7.11 Å². The molecule has 0 spiro atoms. The van der Waals surface area contributed by atoms with Crippen LogP contribution in [0.15, 0.2) is 42.5 Å². The molecule has 2 aromatic carbocycles. The highest BCUT2D eigenvalue weighted by molar-refractivity contribution is 5.96. The predicted octanol–water partition coefficient (Wildman–Crippen LogP) is 3.51. The summed E-state index contributed by atoms with van der Waals surface area (Å²) in [4.78, 5) is 23.8. The normalized spacial score (nSPS) is 11.9. The number of aliphatic carboxylic acids is 1. The molecule has 6 heteroatoms. The van der Waals surface area contributed by atoms with Gasteiger partial charge in [-0.15, -0.1) is 0 Å². The highest BCUT2D eigenvalue weighted by Gasteiger charge is 2.24. The number of amides is 1. The van der Waals surface area contributed by atoms with Crippen LogP contribution in [-0.2, 0) is 4.79 Å². The highest BCUT2D eigenvalue weighted by Crippen LogP contribution is 2.23. The van der Waals surface area contributed by atoms with Crippen LogP contribution in [0.4, 0.5) is 4.39 Å². The zero-order chi connectivity index (χ0) is 18.6. The van der Waals surface area contributed by atoms with Gasteiger partial charge in [-0.3, -0.25) is 4.79 Å². The van der Waals surface area contributed by atoms with E-state index in [1.54, 1.807) is 12.1 Å². The van der Waals surface area contributed by atoms with Crippen LogP contribution in [0.3, 0.4) is 0 Å². The van der Waals surface area contributed by atoms with E-state index < -0.39 is 23.7 Å². The first-order valence-corrected chi connectivity index (χ1v) is 7.80. The van der Waals surface area contributed by atoms with Gasteiger partial charge < -0.3 is 15.2 Å². The van der Waals surface area contributed by atoms with Crippen LogP contribution in [-0.4, -0.2) is 24.1 Å². The summed E-state index contributed by atoms with van der Waals surface area (Å²) in [5.74, 6) is -2.19. The number of carbonyl (C=O) groups is 2. The number of rotatable bonds is 6. The maximum absolute atomic E-state index is 13.8. The van der Waals surface area contributed by atoms with E-state index in [0.29, 0.717) is 11.5 Å². The molecule has 0 saturated heterocycles. The molecule has 0 bridgehead atoms. The first-order valence-electron chi connectivity index (χ1n) is 7.80. The summed E-state index contributed by atoms with van der Waals surface area (Å²) in [6.07, 6.45) is 0. The average Bonchev–Trinajstić information content (AvgIpc) is 2.59. The van der Waals surface area contributed by atoms with E-state index in [2.05, 4.69) is 5.32 Å². The van der Waals surface area contributed by atoms with Crippen LogP contribution in [0.25, 0.3) is 0 Å². The molecule has 5 nitrogen and oxygen atoms in total. The number of nitrogens with one attached hydrogen (secondary N) is 1. The second-order valence-electron chi connectivity index (χ2n) is 5.92. The number of carbonyl (C=O) groups excluding carboxylic acids is 1. The minimum atomic E-state index is -1.36. The van der Waals surface area contributed by atoms with Gasteiger partial charge in [0, 0.05) is 5.56 Å². The number of hydrogen-bond acceptors (Lipinski definition) is 3. The summed E-state index contributed by atoms with van der Waals surface area (Å²) < 4.78 is 18.6. The third kappa shape index (κ3) is 4.35. The van der Waals surface area contributed by atoms with E-state index in [0.717, 1.165) is 11.6 Å².